The SMILES string of the molecule is O=C(CCCCO)Cc1ccc2nccnc2c1. The van der Waals surface area contributed by atoms with E-state index in [4.69, 9.17) is 5.11 Å². The van der Waals surface area contributed by atoms with E-state index in [-0.39, 0.29) is 12.4 Å². The number of fused-ring (bicyclic) bond motifs is 1. The summed E-state index contributed by atoms with van der Waals surface area (Å²) in [5, 5.41) is 8.66. The number of carbonyl (C=O) groups is 1. The van der Waals surface area contributed by atoms with Gasteiger partial charge >= 0.3 is 0 Å². The maximum absolute atomic E-state index is 11.7. The van der Waals surface area contributed by atoms with Crippen LogP contribution >= 0.6 is 0 Å². The Kier molecular flexibility index (Phi) is 4.36. The molecule has 0 radical (unpaired) electrons. The third-order valence-electron chi connectivity index (χ3n) is 2.80. The number of aliphatic hydroxyl groups is 1. The summed E-state index contributed by atoms with van der Waals surface area (Å²) in [6.45, 7) is 0.152. The molecule has 4 heteroatoms. The fourth-order valence-corrected chi connectivity index (χ4v) is 1.87. The second kappa shape index (κ2) is 6.21. The highest BCUT2D eigenvalue weighted by Gasteiger charge is 2.05. The molecular weight excluding hydrogens is 228 g/mol. The molecule has 4 nitrogen and oxygen atoms in total. The molecule has 0 aliphatic heterocycles. The zero-order valence-electron chi connectivity index (χ0n) is 10.2. The largest absolute Gasteiger partial charge is 0.396 e. The van der Waals surface area contributed by atoms with Crippen molar-refractivity contribution in [3.63, 3.8) is 0 Å². The smallest absolute Gasteiger partial charge is 0.137 e. The average Bonchev–Trinajstić information content (AvgIpc) is 2.39. The summed E-state index contributed by atoms with van der Waals surface area (Å²) in [5.74, 6) is 0.201. The van der Waals surface area contributed by atoms with Crippen molar-refractivity contribution in [3.8, 4) is 0 Å². The van der Waals surface area contributed by atoms with Gasteiger partial charge in [0.25, 0.3) is 0 Å². The summed E-state index contributed by atoms with van der Waals surface area (Å²) in [4.78, 5) is 20.1. The number of carbonyl (C=O) groups excluding carboxylic acids is 1. The molecule has 2 rings (SSSR count). The van der Waals surface area contributed by atoms with E-state index in [1.54, 1.807) is 12.4 Å². The maximum atomic E-state index is 11.7. The molecule has 1 heterocycles. The van der Waals surface area contributed by atoms with Gasteiger partial charge < -0.3 is 5.11 Å². The first kappa shape index (κ1) is 12.6. The van der Waals surface area contributed by atoms with Crippen molar-refractivity contribution in [2.75, 3.05) is 6.61 Å². The van der Waals surface area contributed by atoms with Gasteiger partial charge in [0.2, 0.25) is 0 Å². The summed E-state index contributed by atoms with van der Waals surface area (Å²) < 4.78 is 0. The van der Waals surface area contributed by atoms with Crippen molar-refractivity contribution in [1.82, 2.24) is 9.97 Å². The Hall–Kier alpha value is -1.81. The predicted octanol–water partition coefficient (Wildman–Crippen LogP) is 1.90. The van der Waals surface area contributed by atoms with Crippen LogP contribution in [0.4, 0.5) is 0 Å². The van der Waals surface area contributed by atoms with E-state index in [1.807, 2.05) is 18.2 Å². The second-order valence-corrected chi connectivity index (χ2v) is 4.28. The molecule has 1 N–H and O–H groups in total. The summed E-state index contributed by atoms with van der Waals surface area (Å²) in [5.41, 5.74) is 2.63. The lowest BCUT2D eigenvalue weighted by Crippen LogP contribution is -2.03. The van der Waals surface area contributed by atoms with Crippen LogP contribution in [0, 0.1) is 0 Å². The first-order chi connectivity index (χ1) is 8.79. The van der Waals surface area contributed by atoms with E-state index in [9.17, 15) is 4.79 Å². The van der Waals surface area contributed by atoms with Crippen molar-refractivity contribution in [3.05, 3.63) is 36.2 Å². The number of aromatic nitrogens is 2. The Labute approximate surface area is 106 Å². The van der Waals surface area contributed by atoms with Crippen LogP contribution < -0.4 is 0 Å². The highest BCUT2D eigenvalue weighted by Crippen LogP contribution is 2.12. The lowest BCUT2D eigenvalue weighted by molar-refractivity contribution is -0.118. The summed E-state index contributed by atoms with van der Waals surface area (Å²) in [6.07, 6.45) is 5.70. The Bertz CT molecular complexity index is 540. The molecule has 1 aromatic heterocycles. The molecule has 0 saturated carbocycles. The minimum Gasteiger partial charge on any atom is -0.396 e. The molecule has 0 amide bonds. The van der Waals surface area contributed by atoms with Crippen LogP contribution in [0.5, 0.6) is 0 Å². The molecule has 0 spiro atoms. The first-order valence-electron chi connectivity index (χ1n) is 6.12. The second-order valence-electron chi connectivity index (χ2n) is 4.28. The van der Waals surface area contributed by atoms with Gasteiger partial charge in [-0.2, -0.15) is 0 Å². The van der Waals surface area contributed by atoms with Crippen LogP contribution in [-0.4, -0.2) is 27.5 Å². The van der Waals surface area contributed by atoms with E-state index in [2.05, 4.69) is 9.97 Å². The topological polar surface area (TPSA) is 63.1 Å². The van der Waals surface area contributed by atoms with Gasteiger partial charge in [-0.1, -0.05) is 6.07 Å². The van der Waals surface area contributed by atoms with Crippen molar-refractivity contribution in [2.24, 2.45) is 0 Å². The molecule has 1 aromatic carbocycles. The Balaban J connectivity index is 2.01. The third-order valence-corrected chi connectivity index (χ3v) is 2.80. The number of unbranched alkanes of at least 4 members (excludes halogenated alkanes) is 1. The van der Waals surface area contributed by atoms with Gasteiger partial charge in [-0.05, 0) is 30.5 Å². The number of rotatable bonds is 6. The lowest BCUT2D eigenvalue weighted by Gasteiger charge is -2.02. The molecule has 0 aliphatic carbocycles. The van der Waals surface area contributed by atoms with Crippen molar-refractivity contribution >= 4 is 16.8 Å². The molecular formula is C14H16N2O2. The number of nitrogens with zero attached hydrogens (tertiary/aromatic N) is 2. The summed E-state index contributed by atoms with van der Waals surface area (Å²) in [6, 6.07) is 5.71. The van der Waals surface area contributed by atoms with Gasteiger partial charge in [0.05, 0.1) is 11.0 Å². The molecule has 0 aliphatic rings. The number of hydrogen-bond acceptors (Lipinski definition) is 4. The molecule has 94 valence electrons. The van der Waals surface area contributed by atoms with Crippen molar-refractivity contribution in [2.45, 2.75) is 25.7 Å². The van der Waals surface area contributed by atoms with Crippen LogP contribution in [0.3, 0.4) is 0 Å². The van der Waals surface area contributed by atoms with Gasteiger partial charge in [-0.3, -0.25) is 14.8 Å². The van der Waals surface area contributed by atoms with Crippen LogP contribution in [-0.2, 0) is 11.2 Å². The van der Waals surface area contributed by atoms with Crippen molar-refractivity contribution in [1.29, 1.82) is 0 Å². The molecule has 18 heavy (non-hydrogen) atoms. The van der Waals surface area contributed by atoms with E-state index in [0.29, 0.717) is 19.3 Å². The first-order valence-corrected chi connectivity index (χ1v) is 6.12. The Morgan fingerprint density at radius 2 is 1.89 bits per heavy atom. The predicted molar refractivity (Wildman–Crippen MR) is 69.2 cm³/mol. The standard InChI is InChI=1S/C14H16N2O2/c17-8-2-1-3-12(18)9-11-4-5-13-14(10-11)16-7-6-15-13/h4-7,10,17H,1-3,8-9H2. The number of ketones is 1. The van der Waals surface area contributed by atoms with Crippen LogP contribution in [0.1, 0.15) is 24.8 Å². The number of hydrogen-bond donors (Lipinski definition) is 1. The Morgan fingerprint density at radius 3 is 2.67 bits per heavy atom. The highest BCUT2D eigenvalue weighted by atomic mass is 16.2. The summed E-state index contributed by atoms with van der Waals surface area (Å²) in [7, 11) is 0. The fraction of sp³-hybridized carbons (Fsp3) is 0.357. The fourth-order valence-electron chi connectivity index (χ4n) is 1.87. The molecule has 0 fully saturated rings. The van der Waals surface area contributed by atoms with E-state index >= 15 is 0 Å². The van der Waals surface area contributed by atoms with Gasteiger partial charge in [0.1, 0.15) is 5.78 Å². The van der Waals surface area contributed by atoms with Crippen LogP contribution in [0.25, 0.3) is 11.0 Å². The molecule has 0 unspecified atom stereocenters. The normalized spacial score (nSPS) is 10.7. The van der Waals surface area contributed by atoms with E-state index < -0.39 is 0 Å². The third kappa shape index (κ3) is 3.34. The lowest BCUT2D eigenvalue weighted by atomic mass is 10.0. The number of benzene rings is 1. The maximum Gasteiger partial charge on any atom is 0.137 e. The van der Waals surface area contributed by atoms with Crippen LogP contribution in [0.15, 0.2) is 30.6 Å². The summed E-state index contributed by atoms with van der Waals surface area (Å²) >= 11 is 0. The van der Waals surface area contributed by atoms with Crippen molar-refractivity contribution < 1.29 is 9.90 Å². The monoisotopic (exact) mass is 244 g/mol. The zero-order chi connectivity index (χ0) is 12.8. The van der Waals surface area contributed by atoms with E-state index in [0.717, 1.165) is 23.0 Å². The average molecular weight is 244 g/mol. The molecule has 0 saturated heterocycles. The van der Waals surface area contributed by atoms with E-state index in [1.165, 1.54) is 0 Å². The minimum absolute atomic E-state index is 0.152. The molecule has 2 aromatic rings. The molecule has 0 atom stereocenters. The zero-order valence-corrected chi connectivity index (χ0v) is 10.2. The number of aliphatic hydroxyl groups excluding tert-OH is 1. The Morgan fingerprint density at radius 1 is 1.11 bits per heavy atom. The van der Waals surface area contributed by atoms with Gasteiger partial charge in [-0.15, -0.1) is 0 Å². The molecule has 0 bridgehead atoms. The van der Waals surface area contributed by atoms with Gasteiger partial charge in [-0.25, -0.2) is 0 Å². The highest BCUT2D eigenvalue weighted by molar-refractivity contribution is 5.82. The van der Waals surface area contributed by atoms with Gasteiger partial charge in [0.15, 0.2) is 0 Å². The van der Waals surface area contributed by atoms with Gasteiger partial charge in [0, 0.05) is 31.8 Å². The van der Waals surface area contributed by atoms with Crippen LogP contribution in [0.2, 0.25) is 0 Å². The number of Topliss-reactive ketones (excluding diaryl/α,β-unsaturated/α-hetero) is 1. The minimum atomic E-state index is 0.152. The quantitative estimate of drug-likeness (QED) is 0.788.